The molecule has 0 aromatic heterocycles. The second-order valence-electron chi connectivity index (χ2n) is 4.44. The normalized spacial score (nSPS) is 13.9. The highest BCUT2D eigenvalue weighted by atomic mass is 16.7. The average Bonchev–Trinajstić information content (AvgIpc) is 2.08. The summed E-state index contributed by atoms with van der Waals surface area (Å²) in [6, 6.07) is -0.712. The summed E-state index contributed by atoms with van der Waals surface area (Å²) in [7, 11) is 0. The highest BCUT2D eigenvalue weighted by Crippen LogP contribution is 2.07. The SMILES string of the molecule is CC(C)(C)ONC(CCCCO)C(=O)O. The maximum Gasteiger partial charge on any atom is 0.323 e. The fourth-order valence-corrected chi connectivity index (χ4v) is 0.941. The predicted octanol–water partition coefficient (Wildman–Crippen LogP) is 0.922. The number of hydrogen-bond donors (Lipinski definition) is 3. The first kappa shape index (κ1) is 14.3. The average molecular weight is 219 g/mol. The van der Waals surface area contributed by atoms with Gasteiger partial charge in [0.15, 0.2) is 0 Å². The topological polar surface area (TPSA) is 78.8 Å². The zero-order valence-electron chi connectivity index (χ0n) is 9.62. The molecule has 0 rings (SSSR count). The van der Waals surface area contributed by atoms with Gasteiger partial charge in [-0.15, -0.1) is 0 Å². The van der Waals surface area contributed by atoms with Crippen molar-refractivity contribution in [2.75, 3.05) is 6.61 Å². The smallest absolute Gasteiger partial charge is 0.323 e. The van der Waals surface area contributed by atoms with Crippen LogP contribution < -0.4 is 5.48 Å². The van der Waals surface area contributed by atoms with Crippen molar-refractivity contribution >= 4 is 5.97 Å². The van der Waals surface area contributed by atoms with Crippen LogP contribution in [0.15, 0.2) is 0 Å². The molecule has 0 aromatic carbocycles. The van der Waals surface area contributed by atoms with Gasteiger partial charge in [-0.3, -0.25) is 9.63 Å². The lowest BCUT2D eigenvalue weighted by atomic mass is 10.1. The highest BCUT2D eigenvalue weighted by molar-refractivity contribution is 5.73. The van der Waals surface area contributed by atoms with Crippen LogP contribution in [0.25, 0.3) is 0 Å². The number of aliphatic carboxylic acids is 1. The minimum Gasteiger partial charge on any atom is -0.480 e. The van der Waals surface area contributed by atoms with Crippen LogP contribution in [0.2, 0.25) is 0 Å². The number of unbranched alkanes of at least 4 members (excludes halogenated alkanes) is 1. The summed E-state index contributed by atoms with van der Waals surface area (Å²) in [6.07, 6.45) is 1.72. The molecule has 0 spiro atoms. The Morgan fingerprint density at radius 1 is 1.40 bits per heavy atom. The van der Waals surface area contributed by atoms with E-state index in [4.69, 9.17) is 15.1 Å². The number of hydrogen-bond acceptors (Lipinski definition) is 4. The van der Waals surface area contributed by atoms with E-state index in [1.807, 2.05) is 20.8 Å². The number of aliphatic hydroxyl groups is 1. The summed E-state index contributed by atoms with van der Waals surface area (Å²) >= 11 is 0. The van der Waals surface area contributed by atoms with E-state index < -0.39 is 17.6 Å². The molecule has 90 valence electrons. The summed E-state index contributed by atoms with van der Waals surface area (Å²) in [5.41, 5.74) is 2.12. The largest absolute Gasteiger partial charge is 0.480 e. The summed E-state index contributed by atoms with van der Waals surface area (Å²) in [5, 5.41) is 17.4. The minimum atomic E-state index is -0.933. The summed E-state index contributed by atoms with van der Waals surface area (Å²) < 4.78 is 0. The summed E-state index contributed by atoms with van der Waals surface area (Å²) in [5.74, 6) is -0.933. The molecule has 0 aliphatic carbocycles. The van der Waals surface area contributed by atoms with Crippen LogP contribution >= 0.6 is 0 Å². The van der Waals surface area contributed by atoms with Crippen LogP contribution in [0.4, 0.5) is 0 Å². The first-order valence-electron chi connectivity index (χ1n) is 5.14. The van der Waals surface area contributed by atoms with Crippen LogP contribution in [0.5, 0.6) is 0 Å². The molecule has 0 radical (unpaired) electrons. The van der Waals surface area contributed by atoms with Crippen LogP contribution in [0.3, 0.4) is 0 Å². The zero-order chi connectivity index (χ0) is 11.9. The van der Waals surface area contributed by atoms with E-state index in [0.717, 1.165) is 0 Å². The molecule has 0 aromatic rings. The Kier molecular flexibility index (Phi) is 6.47. The van der Waals surface area contributed by atoms with E-state index in [0.29, 0.717) is 19.3 Å². The van der Waals surface area contributed by atoms with Gasteiger partial charge in [0, 0.05) is 6.61 Å². The summed E-state index contributed by atoms with van der Waals surface area (Å²) in [6.45, 7) is 5.61. The summed E-state index contributed by atoms with van der Waals surface area (Å²) in [4.78, 5) is 16.0. The Labute approximate surface area is 90.4 Å². The molecule has 5 heteroatoms. The molecular weight excluding hydrogens is 198 g/mol. The third kappa shape index (κ3) is 8.35. The Bertz CT molecular complexity index is 188. The van der Waals surface area contributed by atoms with Gasteiger partial charge in [-0.1, -0.05) is 0 Å². The predicted molar refractivity (Wildman–Crippen MR) is 56.3 cm³/mol. The van der Waals surface area contributed by atoms with Crippen molar-refractivity contribution in [3.63, 3.8) is 0 Å². The monoisotopic (exact) mass is 219 g/mol. The molecule has 1 unspecified atom stereocenters. The lowest BCUT2D eigenvalue weighted by Gasteiger charge is -2.22. The molecule has 0 aliphatic rings. The van der Waals surface area contributed by atoms with Crippen LogP contribution in [0.1, 0.15) is 40.0 Å². The van der Waals surface area contributed by atoms with Crippen molar-refractivity contribution in [1.82, 2.24) is 5.48 Å². The van der Waals surface area contributed by atoms with Crippen molar-refractivity contribution in [2.45, 2.75) is 51.7 Å². The van der Waals surface area contributed by atoms with Crippen LogP contribution in [-0.2, 0) is 9.63 Å². The molecule has 0 fully saturated rings. The molecule has 0 saturated heterocycles. The van der Waals surface area contributed by atoms with E-state index in [-0.39, 0.29) is 6.61 Å². The number of aliphatic hydroxyl groups excluding tert-OH is 1. The number of nitrogens with one attached hydrogen (secondary N) is 1. The number of carboxylic acids is 1. The Hall–Kier alpha value is -0.650. The van der Waals surface area contributed by atoms with Crippen LogP contribution in [0, 0.1) is 0 Å². The molecule has 5 nitrogen and oxygen atoms in total. The fourth-order valence-electron chi connectivity index (χ4n) is 0.941. The van der Waals surface area contributed by atoms with Gasteiger partial charge in [0.1, 0.15) is 6.04 Å². The molecule has 1 atom stereocenters. The minimum absolute atomic E-state index is 0.0897. The maximum absolute atomic E-state index is 10.8. The Morgan fingerprint density at radius 2 is 2.00 bits per heavy atom. The van der Waals surface area contributed by atoms with Gasteiger partial charge in [-0.05, 0) is 40.0 Å². The van der Waals surface area contributed by atoms with Gasteiger partial charge in [0.2, 0.25) is 0 Å². The molecule has 15 heavy (non-hydrogen) atoms. The third-order valence-corrected chi connectivity index (χ3v) is 1.71. The zero-order valence-corrected chi connectivity index (χ0v) is 9.62. The van der Waals surface area contributed by atoms with Crippen LogP contribution in [-0.4, -0.2) is 34.4 Å². The molecular formula is C10H21NO4. The number of hydroxylamine groups is 1. The second-order valence-corrected chi connectivity index (χ2v) is 4.44. The molecule has 0 amide bonds. The van der Waals surface area contributed by atoms with Crippen molar-refractivity contribution in [1.29, 1.82) is 0 Å². The first-order chi connectivity index (χ1) is 6.87. The van der Waals surface area contributed by atoms with Gasteiger partial charge in [-0.2, -0.15) is 5.48 Å². The lowest BCUT2D eigenvalue weighted by Crippen LogP contribution is -2.41. The second kappa shape index (κ2) is 6.76. The van der Waals surface area contributed by atoms with E-state index in [1.54, 1.807) is 0 Å². The maximum atomic E-state index is 10.8. The molecule has 0 saturated carbocycles. The molecule has 0 aliphatic heterocycles. The van der Waals surface area contributed by atoms with Crippen molar-refractivity contribution in [2.24, 2.45) is 0 Å². The van der Waals surface area contributed by atoms with Gasteiger partial charge < -0.3 is 10.2 Å². The quantitative estimate of drug-likeness (QED) is 0.438. The first-order valence-corrected chi connectivity index (χ1v) is 5.14. The van der Waals surface area contributed by atoms with E-state index >= 15 is 0 Å². The van der Waals surface area contributed by atoms with E-state index in [1.165, 1.54) is 0 Å². The van der Waals surface area contributed by atoms with Gasteiger partial charge in [0.05, 0.1) is 5.60 Å². The molecule has 3 N–H and O–H groups in total. The molecule has 0 bridgehead atoms. The van der Waals surface area contributed by atoms with Crippen molar-refractivity contribution in [3.8, 4) is 0 Å². The third-order valence-electron chi connectivity index (χ3n) is 1.71. The Balaban J connectivity index is 3.89. The van der Waals surface area contributed by atoms with Gasteiger partial charge in [0.25, 0.3) is 0 Å². The number of rotatable bonds is 7. The highest BCUT2D eigenvalue weighted by Gasteiger charge is 2.20. The van der Waals surface area contributed by atoms with E-state index in [9.17, 15) is 4.79 Å². The fraction of sp³-hybridized carbons (Fsp3) is 0.900. The number of carboxylic acid groups (broad SMARTS) is 1. The van der Waals surface area contributed by atoms with Gasteiger partial charge >= 0.3 is 5.97 Å². The van der Waals surface area contributed by atoms with Crippen molar-refractivity contribution < 1.29 is 19.8 Å². The number of carbonyl (C=O) groups is 1. The van der Waals surface area contributed by atoms with E-state index in [2.05, 4.69) is 5.48 Å². The van der Waals surface area contributed by atoms with Crippen molar-refractivity contribution in [3.05, 3.63) is 0 Å². The molecule has 0 heterocycles. The Morgan fingerprint density at radius 3 is 2.40 bits per heavy atom. The lowest BCUT2D eigenvalue weighted by molar-refractivity contribution is -0.150. The van der Waals surface area contributed by atoms with Gasteiger partial charge in [-0.25, -0.2) is 0 Å². The standard InChI is InChI=1S/C10H21NO4/c1-10(2,3)15-11-8(9(13)14)6-4-5-7-12/h8,11-12H,4-7H2,1-3H3,(H,13,14).